The Morgan fingerprint density at radius 3 is 2.19 bits per heavy atom. The van der Waals surface area contributed by atoms with Gasteiger partial charge in [-0.15, -0.1) is 0 Å². The van der Waals surface area contributed by atoms with Gasteiger partial charge in [-0.3, -0.25) is 5.41 Å². The van der Waals surface area contributed by atoms with Crippen molar-refractivity contribution >= 4 is 5.84 Å². The second-order valence-corrected chi connectivity index (χ2v) is 4.50. The van der Waals surface area contributed by atoms with E-state index in [1.54, 1.807) is 0 Å². The normalized spacial score (nSPS) is 17.5. The Balaban J connectivity index is 2.05. The first-order valence-electron chi connectivity index (χ1n) is 5.76. The number of piperazine rings is 1. The van der Waals surface area contributed by atoms with E-state index < -0.39 is 0 Å². The third-order valence-corrected chi connectivity index (χ3v) is 3.14. The zero-order valence-corrected chi connectivity index (χ0v) is 10.0. The highest BCUT2D eigenvalue weighted by atomic mass is 15.3. The lowest BCUT2D eigenvalue weighted by molar-refractivity contribution is 0.215. The zero-order valence-electron chi connectivity index (χ0n) is 10.0. The summed E-state index contributed by atoms with van der Waals surface area (Å²) in [6, 6.07) is 8.21. The van der Waals surface area contributed by atoms with E-state index >= 15 is 0 Å². The van der Waals surface area contributed by atoms with Crippen LogP contribution in [0.5, 0.6) is 0 Å². The van der Waals surface area contributed by atoms with Gasteiger partial charge in [-0.05, 0) is 14.0 Å². The largest absolute Gasteiger partial charge is 0.354 e. The number of likely N-dealkylation sites (N-methyl/N-ethyl adjacent to an activating group) is 1. The number of aryl methyl sites for hydroxylation is 1. The van der Waals surface area contributed by atoms with E-state index in [9.17, 15) is 0 Å². The van der Waals surface area contributed by atoms with E-state index in [0.717, 1.165) is 31.7 Å². The van der Waals surface area contributed by atoms with Crippen molar-refractivity contribution < 1.29 is 0 Å². The van der Waals surface area contributed by atoms with Gasteiger partial charge >= 0.3 is 0 Å². The molecule has 1 aliphatic heterocycles. The smallest absolute Gasteiger partial charge is 0.128 e. The number of nitrogens with one attached hydrogen (secondary N) is 1. The fourth-order valence-electron chi connectivity index (χ4n) is 1.92. The van der Waals surface area contributed by atoms with Crippen molar-refractivity contribution in [3.05, 3.63) is 35.4 Å². The van der Waals surface area contributed by atoms with Crippen molar-refractivity contribution in [3.8, 4) is 0 Å². The lowest BCUT2D eigenvalue weighted by Crippen LogP contribution is -2.47. The molecule has 0 atom stereocenters. The second kappa shape index (κ2) is 4.66. The Kier molecular flexibility index (Phi) is 3.25. The van der Waals surface area contributed by atoms with Gasteiger partial charge in [-0.1, -0.05) is 29.8 Å². The first-order valence-corrected chi connectivity index (χ1v) is 5.76. The summed E-state index contributed by atoms with van der Waals surface area (Å²) in [6.45, 7) is 6.10. The predicted octanol–water partition coefficient (Wildman–Crippen LogP) is 1.57. The molecule has 86 valence electrons. The summed E-state index contributed by atoms with van der Waals surface area (Å²) in [6.07, 6.45) is 0. The monoisotopic (exact) mass is 217 g/mol. The predicted molar refractivity (Wildman–Crippen MR) is 67.1 cm³/mol. The van der Waals surface area contributed by atoms with Gasteiger partial charge in [0.15, 0.2) is 0 Å². The molecule has 2 rings (SSSR count). The molecule has 0 unspecified atom stereocenters. The molecule has 1 heterocycles. The Hall–Kier alpha value is -1.35. The highest BCUT2D eigenvalue weighted by Gasteiger charge is 2.17. The van der Waals surface area contributed by atoms with E-state index in [0.29, 0.717) is 5.84 Å². The van der Waals surface area contributed by atoms with Crippen LogP contribution in [0.2, 0.25) is 0 Å². The van der Waals surface area contributed by atoms with Crippen LogP contribution in [0.1, 0.15) is 11.1 Å². The first kappa shape index (κ1) is 11.1. The van der Waals surface area contributed by atoms with Crippen LogP contribution >= 0.6 is 0 Å². The minimum atomic E-state index is 0.660. The minimum absolute atomic E-state index is 0.660. The molecule has 0 aromatic heterocycles. The quantitative estimate of drug-likeness (QED) is 0.571. The van der Waals surface area contributed by atoms with Gasteiger partial charge in [-0.25, -0.2) is 0 Å². The van der Waals surface area contributed by atoms with E-state index in [2.05, 4.69) is 35.9 Å². The summed E-state index contributed by atoms with van der Waals surface area (Å²) in [4.78, 5) is 4.46. The van der Waals surface area contributed by atoms with E-state index in [-0.39, 0.29) is 0 Å². The molecule has 1 N–H and O–H groups in total. The molecule has 1 saturated heterocycles. The number of benzene rings is 1. The third-order valence-electron chi connectivity index (χ3n) is 3.14. The van der Waals surface area contributed by atoms with Gasteiger partial charge in [0, 0.05) is 31.7 Å². The summed E-state index contributed by atoms with van der Waals surface area (Å²) in [5, 5.41) is 8.17. The summed E-state index contributed by atoms with van der Waals surface area (Å²) >= 11 is 0. The van der Waals surface area contributed by atoms with Crippen LogP contribution in [0.25, 0.3) is 0 Å². The lowest BCUT2D eigenvalue weighted by Gasteiger charge is -2.34. The molecule has 3 heteroatoms. The molecule has 0 bridgehead atoms. The maximum absolute atomic E-state index is 8.17. The topological polar surface area (TPSA) is 30.3 Å². The average Bonchev–Trinajstić information content (AvgIpc) is 2.30. The number of rotatable bonds is 1. The molecule has 1 fully saturated rings. The number of hydrogen-bond acceptors (Lipinski definition) is 2. The highest BCUT2D eigenvalue weighted by molar-refractivity contribution is 5.96. The SMILES string of the molecule is Cc1ccc(C(=N)N2CCN(C)CC2)cc1. The Bertz CT molecular complexity index is 361. The van der Waals surface area contributed by atoms with Crippen molar-refractivity contribution in [2.75, 3.05) is 33.2 Å². The maximum Gasteiger partial charge on any atom is 0.128 e. The van der Waals surface area contributed by atoms with Crippen molar-refractivity contribution in [2.24, 2.45) is 0 Å². The highest BCUT2D eigenvalue weighted by Crippen LogP contribution is 2.09. The van der Waals surface area contributed by atoms with Gasteiger partial charge in [0.05, 0.1) is 0 Å². The standard InChI is InChI=1S/C13H19N3/c1-11-3-5-12(6-4-11)13(14)16-9-7-15(2)8-10-16/h3-6,14H,7-10H2,1-2H3. The molecule has 1 aliphatic rings. The van der Waals surface area contributed by atoms with Crippen LogP contribution in [0, 0.1) is 12.3 Å². The Morgan fingerprint density at radius 1 is 1.06 bits per heavy atom. The molecule has 3 nitrogen and oxygen atoms in total. The first-order chi connectivity index (χ1) is 7.66. The van der Waals surface area contributed by atoms with Crippen LogP contribution < -0.4 is 0 Å². The fraction of sp³-hybridized carbons (Fsp3) is 0.462. The average molecular weight is 217 g/mol. The summed E-state index contributed by atoms with van der Waals surface area (Å²) < 4.78 is 0. The fourth-order valence-corrected chi connectivity index (χ4v) is 1.92. The van der Waals surface area contributed by atoms with E-state index in [4.69, 9.17) is 5.41 Å². The summed E-state index contributed by atoms with van der Waals surface area (Å²) in [5.41, 5.74) is 2.27. The number of nitrogens with zero attached hydrogens (tertiary/aromatic N) is 2. The molecule has 0 radical (unpaired) electrons. The molecule has 0 saturated carbocycles. The molecule has 0 amide bonds. The molecular weight excluding hydrogens is 198 g/mol. The number of hydrogen-bond donors (Lipinski definition) is 1. The van der Waals surface area contributed by atoms with Crippen LogP contribution in [0.3, 0.4) is 0 Å². The summed E-state index contributed by atoms with van der Waals surface area (Å²) in [5.74, 6) is 0.660. The molecule has 16 heavy (non-hydrogen) atoms. The lowest BCUT2D eigenvalue weighted by atomic mass is 10.1. The molecular formula is C13H19N3. The van der Waals surface area contributed by atoms with Crippen LogP contribution in [0.15, 0.2) is 24.3 Å². The Labute approximate surface area is 97.2 Å². The Morgan fingerprint density at radius 2 is 1.62 bits per heavy atom. The van der Waals surface area contributed by atoms with Crippen molar-refractivity contribution in [2.45, 2.75) is 6.92 Å². The van der Waals surface area contributed by atoms with Crippen LogP contribution in [0.4, 0.5) is 0 Å². The second-order valence-electron chi connectivity index (χ2n) is 4.50. The van der Waals surface area contributed by atoms with Crippen molar-refractivity contribution in [3.63, 3.8) is 0 Å². The third kappa shape index (κ3) is 2.42. The van der Waals surface area contributed by atoms with Gasteiger partial charge in [0.2, 0.25) is 0 Å². The van der Waals surface area contributed by atoms with E-state index in [1.807, 2.05) is 12.1 Å². The molecule has 0 spiro atoms. The summed E-state index contributed by atoms with van der Waals surface area (Å²) in [7, 11) is 2.13. The van der Waals surface area contributed by atoms with Gasteiger partial charge in [-0.2, -0.15) is 0 Å². The van der Waals surface area contributed by atoms with Gasteiger partial charge < -0.3 is 9.80 Å². The van der Waals surface area contributed by atoms with Crippen molar-refractivity contribution in [1.29, 1.82) is 5.41 Å². The maximum atomic E-state index is 8.17. The van der Waals surface area contributed by atoms with Gasteiger partial charge in [0.1, 0.15) is 5.84 Å². The number of amidine groups is 1. The molecule has 1 aromatic rings. The minimum Gasteiger partial charge on any atom is -0.354 e. The van der Waals surface area contributed by atoms with Crippen molar-refractivity contribution in [1.82, 2.24) is 9.80 Å². The van der Waals surface area contributed by atoms with Crippen LogP contribution in [-0.2, 0) is 0 Å². The van der Waals surface area contributed by atoms with E-state index in [1.165, 1.54) is 5.56 Å². The van der Waals surface area contributed by atoms with Crippen LogP contribution in [-0.4, -0.2) is 48.9 Å². The molecule has 0 aliphatic carbocycles. The van der Waals surface area contributed by atoms with Gasteiger partial charge in [0.25, 0.3) is 0 Å². The molecule has 1 aromatic carbocycles. The zero-order chi connectivity index (χ0) is 11.5.